The zero-order chi connectivity index (χ0) is 12.7. The fraction of sp³-hybridized carbons (Fsp3) is 0.636. The molecular weight excluding hydrogens is 208 g/mol. The van der Waals surface area contributed by atoms with Gasteiger partial charge in [0, 0.05) is 12.5 Å². The SMILES string of the molecule is C#CCC(C)NC(=O)N[C@H](C(=O)O)C(C)C. The van der Waals surface area contributed by atoms with Crippen LogP contribution in [0.4, 0.5) is 4.79 Å². The topological polar surface area (TPSA) is 78.4 Å². The fourth-order valence-corrected chi connectivity index (χ4v) is 1.15. The van der Waals surface area contributed by atoms with E-state index in [1.807, 2.05) is 0 Å². The van der Waals surface area contributed by atoms with E-state index in [1.165, 1.54) is 0 Å². The molecular formula is C11H18N2O3. The van der Waals surface area contributed by atoms with Gasteiger partial charge in [0.25, 0.3) is 0 Å². The van der Waals surface area contributed by atoms with E-state index >= 15 is 0 Å². The van der Waals surface area contributed by atoms with Gasteiger partial charge in [0.2, 0.25) is 0 Å². The van der Waals surface area contributed by atoms with Crippen LogP contribution in [0.25, 0.3) is 0 Å². The van der Waals surface area contributed by atoms with E-state index in [9.17, 15) is 9.59 Å². The van der Waals surface area contributed by atoms with Crippen LogP contribution in [0.5, 0.6) is 0 Å². The lowest BCUT2D eigenvalue weighted by Gasteiger charge is -2.19. The first-order chi connectivity index (χ1) is 7.38. The van der Waals surface area contributed by atoms with Gasteiger partial charge in [-0.2, -0.15) is 0 Å². The Hall–Kier alpha value is -1.70. The number of terminal acetylenes is 1. The van der Waals surface area contributed by atoms with Gasteiger partial charge in [-0.25, -0.2) is 9.59 Å². The molecule has 0 aliphatic carbocycles. The Kier molecular flexibility index (Phi) is 6.01. The Morgan fingerprint density at radius 3 is 2.25 bits per heavy atom. The second-order valence-corrected chi connectivity index (χ2v) is 3.99. The second kappa shape index (κ2) is 6.72. The van der Waals surface area contributed by atoms with Crippen molar-refractivity contribution in [3.63, 3.8) is 0 Å². The normalized spacial score (nSPS) is 13.7. The minimum atomic E-state index is -1.05. The highest BCUT2D eigenvalue weighted by molar-refractivity contribution is 5.82. The molecule has 0 rings (SSSR count). The molecule has 0 heterocycles. The number of nitrogens with one attached hydrogen (secondary N) is 2. The average Bonchev–Trinajstić information content (AvgIpc) is 2.13. The maximum atomic E-state index is 11.4. The Bertz CT molecular complexity index is 294. The first kappa shape index (κ1) is 14.3. The molecule has 5 heteroatoms. The van der Waals surface area contributed by atoms with E-state index in [2.05, 4.69) is 16.6 Å². The molecule has 2 amide bonds. The van der Waals surface area contributed by atoms with Crippen LogP contribution in [0.1, 0.15) is 27.2 Å². The van der Waals surface area contributed by atoms with Gasteiger partial charge in [-0.3, -0.25) is 0 Å². The third-order valence-corrected chi connectivity index (χ3v) is 2.02. The van der Waals surface area contributed by atoms with Crippen molar-refractivity contribution in [1.82, 2.24) is 10.6 Å². The summed E-state index contributed by atoms with van der Waals surface area (Å²) in [5.74, 6) is 1.19. The van der Waals surface area contributed by atoms with Gasteiger partial charge in [0.1, 0.15) is 6.04 Å². The van der Waals surface area contributed by atoms with Crippen LogP contribution < -0.4 is 10.6 Å². The van der Waals surface area contributed by atoms with Crippen LogP contribution in [-0.4, -0.2) is 29.2 Å². The van der Waals surface area contributed by atoms with Crippen LogP contribution in [0.2, 0.25) is 0 Å². The molecule has 3 N–H and O–H groups in total. The van der Waals surface area contributed by atoms with Crippen molar-refractivity contribution < 1.29 is 14.7 Å². The highest BCUT2D eigenvalue weighted by Crippen LogP contribution is 2.01. The number of carbonyl (C=O) groups is 2. The van der Waals surface area contributed by atoms with Crippen molar-refractivity contribution >= 4 is 12.0 Å². The molecule has 0 aliphatic rings. The van der Waals surface area contributed by atoms with Crippen LogP contribution in [-0.2, 0) is 4.79 Å². The molecule has 0 aromatic heterocycles. The number of carbonyl (C=O) groups excluding carboxylic acids is 1. The van der Waals surface area contributed by atoms with Gasteiger partial charge in [-0.05, 0) is 12.8 Å². The monoisotopic (exact) mass is 226 g/mol. The quantitative estimate of drug-likeness (QED) is 0.607. The van der Waals surface area contributed by atoms with Gasteiger partial charge >= 0.3 is 12.0 Å². The summed E-state index contributed by atoms with van der Waals surface area (Å²) in [6, 6.07) is -1.58. The summed E-state index contributed by atoms with van der Waals surface area (Å²) >= 11 is 0. The highest BCUT2D eigenvalue weighted by Gasteiger charge is 2.23. The minimum absolute atomic E-state index is 0.174. The van der Waals surface area contributed by atoms with Crippen LogP contribution in [0.15, 0.2) is 0 Å². The number of urea groups is 1. The summed E-state index contributed by atoms with van der Waals surface area (Å²) in [7, 11) is 0. The largest absolute Gasteiger partial charge is 0.480 e. The molecule has 5 nitrogen and oxygen atoms in total. The van der Waals surface area contributed by atoms with Crippen molar-refractivity contribution in [1.29, 1.82) is 0 Å². The summed E-state index contributed by atoms with van der Waals surface area (Å²) in [6.45, 7) is 5.21. The third kappa shape index (κ3) is 5.25. The lowest BCUT2D eigenvalue weighted by molar-refractivity contribution is -0.140. The summed E-state index contributed by atoms with van der Waals surface area (Å²) < 4.78 is 0. The van der Waals surface area contributed by atoms with E-state index < -0.39 is 18.0 Å². The third-order valence-electron chi connectivity index (χ3n) is 2.02. The van der Waals surface area contributed by atoms with Gasteiger partial charge in [0.05, 0.1) is 0 Å². The molecule has 1 unspecified atom stereocenters. The lowest BCUT2D eigenvalue weighted by atomic mass is 10.1. The fourth-order valence-electron chi connectivity index (χ4n) is 1.15. The first-order valence-corrected chi connectivity index (χ1v) is 5.11. The smallest absolute Gasteiger partial charge is 0.326 e. The average molecular weight is 226 g/mol. The maximum Gasteiger partial charge on any atom is 0.326 e. The van der Waals surface area contributed by atoms with Gasteiger partial charge in [-0.1, -0.05) is 13.8 Å². The van der Waals surface area contributed by atoms with Crippen molar-refractivity contribution in [3.05, 3.63) is 0 Å². The number of rotatable bonds is 5. The molecule has 90 valence electrons. The van der Waals surface area contributed by atoms with E-state index in [-0.39, 0.29) is 12.0 Å². The lowest BCUT2D eigenvalue weighted by Crippen LogP contribution is -2.50. The molecule has 0 aromatic rings. The van der Waals surface area contributed by atoms with Crippen molar-refractivity contribution in [3.8, 4) is 12.3 Å². The van der Waals surface area contributed by atoms with E-state index in [4.69, 9.17) is 11.5 Å². The molecule has 0 spiro atoms. The van der Waals surface area contributed by atoms with Crippen LogP contribution in [0.3, 0.4) is 0 Å². The Morgan fingerprint density at radius 1 is 1.31 bits per heavy atom. The van der Waals surface area contributed by atoms with E-state index in [0.717, 1.165) is 0 Å². The zero-order valence-electron chi connectivity index (χ0n) is 9.78. The van der Waals surface area contributed by atoms with Gasteiger partial charge < -0.3 is 15.7 Å². The highest BCUT2D eigenvalue weighted by atomic mass is 16.4. The molecule has 0 aromatic carbocycles. The number of hydrogen-bond donors (Lipinski definition) is 3. The van der Waals surface area contributed by atoms with E-state index in [1.54, 1.807) is 20.8 Å². The summed E-state index contributed by atoms with van der Waals surface area (Å²) in [4.78, 5) is 22.2. The standard InChI is InChI=1S/C11H18N2O3/c1-5-6-8(4)12-11(16)13-9(7(2)3)10(14)15/h1,7-9H,6H2,2-4H3,(H,14,15)(H2,12,13,16)/t8?,9-/m0/s1. The van der Waals surface area contributed by atoms with E-state index in [0.29, 0.717) is 6.42 Å². The molecule has 0 aliphatic heterocycles. The maximum absolute atomic E-state index is 11.4. The second-order valence-electron chi connectivity index (χ2n) is 3.99. The van der Waals surface area contributed by atoms with Crippen LogP contribution in [0, 0.1) is 18.3 Å². The Balaban J connectivity index is 4.22. The number of aliphatic carboxylic acids is 1. The number of carboxylic acids is 1. The zero-order valence-corrected chi connectivity index (χ0v) is 9.78. The molecule has 16 heavy (non-hydrogen) atoms. The summed E-state index contributed by atoms with van der Waals surface area (Å²) in [5, 5.41) is 13.8. The predicted molar refractivity (Wildman–Crippen MR) is 60.8 cm³/mol. The first-order valence-electron chi connectivity index (χ1n) is 5.11. The predicted octanol–water partition coefficient (Wildman–Crippen LogP) is 0.807. The summed E-state index contributed by atoms with van der Waals surface area (Å²) in [6.07, 6.45) is 5.50. The van der Waals surface area contributed by atoms with Crippen molar-refractivity contribution in [2.45, 2.75) is 39.3 Å². The van der Waals surface area contributed by atoms with Crippen LogP contribution >= 0.6 is 0 Å². The van der Waals surface area contributed by atoms with Gasteiger partial charge in [-0.15, -0.1) is 12.3 Å². The molecule has 0 bridgehead atoms. The van der Waals surface area contributed by atoms with Crippen molar-refractivity contribution in [2.24, 2.45) is 5.92 Å². The minimum Gasteiger partial charge on any atom is -0.480 e. The number of carboxylic acid groups (broad SMARTS) is 1. The molecule has 0 fully saturated rings. The molecule has 2 atom stereocenters. The molecule has 0 radical (unpaired) electrons. The number of hydrogen-bond acceptors (Lipinski definition) is 2. The summed E-state index contributed by atoms with van der Waals surface area (Å²) in [5.41, 5.74) is 0. The molecule has 0 saturated heterocycles. The van der Waals surface area contributed by atoms with Gasteiger partial charge in [0.15, 0.2) is 0 Å². The molecule has 0 saturated carbocycles. The number of amides is 2. The van der Waals surface area contributed by atoms with Crippen molar-refractivity contribution in [2.75, 3.05) is 0 Å². The Morgan fingerprint density at radius 2 is 1.88 bits per heavy atom. The Labute approximate surface area is 95.6 Å².